The van der Waals surface area contributed by atoms with Crippen LogP contribution in [-0.4, -0.2) is 59.5 Å². The number of aromatic nitrogens is 1. The molecule has 1 amide bonds. The second-order valence-electron chi connectivity index (χ2n) is 6.37. The van der Waals surface area contributed by atoms with E-state index < -0.39 is 0 Å². The van der Waals surface area contributed by atoms with Crippen LogP contribution in [0.3, 0.4) is 0 Å². The van der Waals surface area contributed by atoms with Crippen LogP contribution in [0.1, 0.15) is 12.8 Å². The van der Waals surface area contributed by atoms with Crippen LogP contribution in [0.4, 0.5) is 0 Å². The summed E-state index contributed by atoms with van der Waals surface area (Å²) in [5.74, 6) is 0.353. The lowest BCUT2D eigenvalue weighted by molar-refractivity contribution is -0.138. The van der Waals surface area contributed by atoms with Gasteiger partial charge in [0.05, 0.1) is 12.5 Å². The summed E-state index contributed by atoms with van der Waals surface area (Å²) in [6, 6.07) is 5.98. The SMILES string of the molecule is O=C(C1CCCOC1)N1CC2=C(CN(Sc3ccccn3)C2)C1. The molecule has 1 atom stereocenters. The zero-order valence-corrected chi connectivity index (χ0v) is 13.9. The number of pyridine rings is 1. The van der Waals surface area contributed by atoms with E-state index in [0.29, 0.717) is 6.61 Å². The highest BCUT2D eigenvalue weighted by Crippen LogP contribution is 2.33. The van der Waals surface area contributed by atoms with Crippen molar-refractivity contribution in [1.29, 1.82) is 0 Å². The fourth-order valence-corrected chi connectivity index (χ4v) is 4.45. The molecule has 1 fully saturated rings. The number of hydrogen-bond acceptors (Lipinski definition) is 5. The van der Waals surface area contributed by atoms with Crippen molar-refractivity contribution in [1.82, 2.24) is 14.2 Å². The lowest BCUT2D eigenvalue weighted by Gasteiger charge is -2.28. The fourth-order valence-electron chi connectivity index (χ4n) is 3.49. The Morgan fingerprint density at radius 2 is 2.04 bits per heavy atom. The first-order valence-corrected chi connectivity index (χ1v) is 8.97. The van der Waals surface area contributed by atoms with Gasteiger partial charge in [0.1, 0.15) is 5.03 Å². The summed E-state index contributed by atoms with van der Waals surface area (Å²) in [7, 11) is 0. The van der Waals surface area contributed by atoms with E-state index in [1.807, 2.05) is 29.3 Å². The second-order valence-corrected chi connectivity index (χ2v) is 7.49. The highest BCUT2D eigenvalue weighted by molar-refractivity contribution is 7.97. The monoisotopic (exact) mass is 331 g/mol. The predicted molar refractivity (Wildman–Crippen MR) is 88.8 cm³/mol. The minimum absolute atomic E-state index is 0.0720. The molecule has 0 bridgehead atoms. The number of carbonyl (C=O) groups excluding carboxylic acids is 1. The summed E-state index contributed by atoms with van der Waals surface area (Å²) < 4.78 is 7.79. The Bertz CT molecular complexity index is 596. The predicted octanol–water partition coefficient (Wildman–Crippen LogP) is 1.97. The molecular formula is C17H21N3O2S. The molecule has 0 aromatic carbocycles. The first-order valence-electron chi connectivity index (χ1n) is 8.20. The average Bonchev–Trinajstić information content (AvgIpc) is 3.14. The van der Waals surface area contributed by atoms with E-state index in [2.05, 4.69) is 9.29 Å². The Morgan fingerprint density at radius 3 is 2.70 bits per heavy atom. The standard InChI is InChI=1S/C17H21N3O2S/c21-17(13-4-3-7-22-12-13)19-8-14-10-20(11-15(14)9-19)23-16-5-1-2-6-18-16/h1-2,5-6,13H,3-4,7-12H2. The third kappa shape index (κ3) is 3.29. The smallest absolute Gasteiger partial charge is 0.228 e. The van der Waals surface area contributed by atoms with Crippen molar-refractivity contribution < 1.29 is 9.53 Å². The summed E-state index contributed by atoms with van der Waals surface area (Å²) in [6.45, 7) is 4.86. The van der Waals surface area contributed by atoms with Gasteiger partial charge in [-0.2, -0.15) is 0 Å². The Balaban J connectivity index is 1.31. The summed E-state index contributed by atoms with van der Waals surface area (Å²) in [5.41, 5.74) is 2.83. The van der Waals surface area contributed by atoms with Crippen molar-refractivity contribution in [2.45, 2.75) is 17.9 Å². The highest BCUT2D eigenvalue weighted by Gasteiger charge is 2.35. The van der Waals surface area contributed by atoms with Gasteiger partial charge in [-0.1, -0.05) is 6.07 Å². The molecular weight excluding hydrogens is 310 g/mol. The van der Waals surface area contributed by atoms with Crippen LogP contribution in [0, 0.1) is 5.92 Å². The number of carbonyl (C=O) groups is 1. The van der Waals surface area contributed by atoms with Crippen molar-refractivity contribution in [3.63, 3.8) is 0 Å². The van der Waals surface area contributed by atoms with E-state index >= 15 is 0 Å². The molecule has 4 rings (SSSR count). The van der Waals surface area contributed by atoms with Gasteiger partial charge >= 0.3 is 0 Å². The van der Waals surface area contributed by atoms with Gasteiger partial charge in [0.25, 0.3) is 0 Å². The van der Waals surface area contributed by atoms with Crippen molar-refractivity contribution >= 4 is 17.9 Å². The molecule has 3 aliphatic heterocycles. The third-order valence-corrected chi connectivity index (χ3v) is 5.62. The van der Waals surface area contributed by atoms with Crippen LogP contribution in [0.15, 0.2) is 40.6 Å². The molecule has 1 aromatic rings. The quantitative estimate of drug-likeness (QED) is 0.626. The van der Waals surface area contributed by atoms with E-state index in [9.17, 15) is 4.79 Å². The lowest BCUT2D eigenvalue weighted by atomic mass is 10.0. The number of rotatable bonds is 3. The molecule has 3 aliphatic rings. The highest BCUT2D eigenvalue weighted by atomic mass is 32.2. The van der Waals surface area contributed by atoms with Crippen molar-refractivity contribution in [2.24, 2.45) is 5.92 Å². The van der Waals surface area contributed by atoms with Crippen LogP contribution >= 0.6 is 11.9 Å². The van der Waals surface area contributed by atoms with Crippen LogP contribution in [0.2, 0.25) is 0 Å². The largest absolute Gasteiger partial charge is 0.381 e. The van der Waals surface area contributed by atoms with Crippen LogP contribution in [0.25, 0.3) is 0 Å². The van der Waals surface area contributed by atoms with Crippen LogP contribution in [0.5, 0.6) is 0 Å². The molecule has 4 heterocycles. The van der Waals surface area contributed by atoms with Crippen molar-refractivity contribution in [3.8, 4) is 0 Å². The lowest BCUT2D eigenvalue weighted by Crippen LogP contribution is -2.40. The molecule has 0 radical (unpaired) electrons. The average molecular weight is 331 g/mol. The maximum atomic E-state index is 12.6. The van der Waals surface area contributed by atoms with Gasteiger partial charge in [0, 0.05) is 39.0 Å². The first kappa shape index (κ1) is 15.2. The summed E-state index contributed by atoms with van der Waals surface area (Å²) in [5, 5.41) is 1.03. The topological polar surface area (TPSA) is 45.7 Å². The van der Waals surface area contributed by atoms with Gasteiger partial charge in [-0.15, -0.1) is 0 Å². The van der Waals surface area contributed by atoms with Crippen LogP contribution in [-0.2, 0) is 9.53 Å². The molecule has 0 aliphatic carbocycles. The molecule has 1 aromatic heterocycles. The normalized spacial score (nSPS) is 25.0. The van der Waals surface area contributed by atoms with Crippen molar-refractivity contribution in [2.75, 3.05) is 39.4 Å². The van der Waals surface area contributed by atoms with Gasteiger partial charge in [-0.25, -0.2) is 9.29 Å². The third-order valence-electron chi connectivity index (χ3n) is 4.68. The molecule has 6 heteroatoms. The minimum atomic E-state index is 0.0720. The van der Waals surface area contributed by atoms with Gasteiger partial charge in [-0.05, 0) is 48.1 Å². The molecule has 0 N–H and O–H groups in total. The number of hydrogen-bond donors (Lipinski definition) is 0. The minimum Gasteiger partial charge on any atom is -0.381 e. The zero-order valence-electron chi connectivity index (χ0n) is 13.1. The zero-order chi connectivity index (χ0) is 15.6. The second kappa shape index (κ2) is 6.63. The maximum absolute atomic E-state index is 12.6. The Kier molecular flexibility index (Phi) is 4.37. The molecule has 122 valence electrons. The van der Waals surface area contributed by atoms with E-state index in [0.717, 1.165) is 50.7 Å². The molecule has 1 unspecified atom stereocenters. The van der Waals surface area contributed by atoms with Crippen molar-refractivity contribution in [3.05, 3.63) is 35.5 Å². The van der Waals surface area contributed by atoms with Gasteiger partial charge in [0.15, 0.2) is 0 Å². The van der Waals surface area contributed by atoms with E-state index in [4.69, 9.17) is 4.74 Å². The van der Waals surface area contributed by atoms with Gasteiger partial charge in [-0.3, -0.25) is 4.79 Å². The Hall–Kier alpha value is -1.37. The number of nitrogens with zero attached hydrogens (tertiary/aromatic N) is 3. The Morgan fingerprint density at radius 1 is 1.22 bits per heavy atom. The maximum Gasteiger partial charge on any atom is 0.228 e. The Labute approximate surface area is 140 Å². The molecule has 23 heavy (non-hydrogen) atoms. The molecule has 1 saturated heterocycles. The fraction of sp³-hybridized carbons (Fsp3) is 0.529. The molecule has 0 spiro atoms. The number of amides is 1. The van der Waals surface area contributed by atoms with E-state index in [-0.39, 0.29) is 11.8 Å². The van der Waals surface area contributed by atoms with Crippen LogP contribution < -0.4 is 0 Å². The molecule has 0 saturated carbocycles. The van der Waals surface area contributed by atoms with Gasteiger partial charge < -0.3 is 9.64 Å². The summed E-state index contributed by atoms with van der Waals surface area (Å²) >= 11 is 1.70. The van der Waals surface area contributed by atoms with E-state index in [1.54, 1.807) is 11.9 Å². The van der Waals surface area contributed by atoms with E-state index in [1.165, 1.54) is 11.1 Å². The summed E-state index contributed by atoms with van der Waals surface area (Å²) in [6.07, 6.45) is 3.81. The van der Waals surface area contributed by atoms with Gasteiger partial charge in [0.2, 0.25) is 5.91 Å². The first-order chi connectivity index (χ1) is 11.3. The number of ether oxygens (including phenoxy) is 1. The summed E-state index contributed by atoms with van der Waals surface area (Å²) in [4.78, 5) is 19.0. The molecule has 5 nitrogen and oxygen atoms in total.